The highest BCUT2D eigenvalue weighted by atomic mass is 19.3. The Hall–Kier alpha value is -5.90. The predicted octanol–water partition coefficient (Wildman–Crippen LogP) is 9.46. The minimum atomic E-state index is -2.86. The number of H-pyrrole nitrogens is 1. The second-order valence-electron chi connectivity index (χ2n) is 20.9. The molecule has 71 heavy (non-hydrogen) atoms. The first-order valence-corrected chi connectivity index (χ1v) is 25.8. The van der Waals surface area contributed by atoms with Crippen molar-refractivity contribution in [1.82, 2.24) is 34.4 Å². The summed E-state index contributed by atoms with van der Waals surface area (Å²) in [4.78, 5) is 47.5. The van der Waals surface area contributed by atoms with Gasteiger partial charge in [0.15, 0.2) is 5.78 Å². The third-order valence-electron chi connectivity index (χ3n) is 16.5. The van der Waals surface area contributed by atoms with E-state index in [1.807, 2.05) is 34.3 Å². The molecule has 3 aromatic heterocycles. The van der Waals surface area contributed by atoms with Crippen LogP contribution in [0.25, 0.3) is 33.1 Å². The summed E-state index contributed by atoms with van der Waals surface area (Å²) < 4.78 is 49.3. The molecule has 4 fully saturated rings. The van der Waals surface area contributed by atoms with E-state index in [1.165, 1.54) is 22.9 Å². The SMILES string of the molecule is Cn1c(CN2CCC(c3ccc(C(=O)C4CCC(CN5CCC(N6CCC(c7ccc(NC(CCC=O)C(N)=O)cc7F)CC6)C(F)(F)C5)CC4)cc3)CC2)cc2c(-c3ccc4[nH]ncc4c3)ccnc21. The maximum absolute atomic E-state index is 15.9. The number of piperidine rings is 3. The number of fused-ring (bicyclic) bond motifs is 2. The van der Waals surface area contributed by atoms with Gasteiger partial charge in [-0.05, 0) is 167 Å². The van der Waals surface area contributed by atoms with Gasteiger partial charge in [0, 0.05) is 72.9 Å². The number of amides is 1. The molecule has 1 amide bonds. The van der Waals surface area contributed by atoms with Crippen molar-refractivity contribution >= 4 is 45.6 Å². The van der Waals surface area contributed by atoms with Crippen molar-refractivity contribution in [3.63, 3.8) is 0 Å². The molecule has 1 saturated carbocycles. The van der Waals surface area contributed by atoms with Gasteiger partial charge in [0.05, 0.1) is 24.3 Å². The van der Waals surface area contributed by atoms with E-state index in [0.717, 1.165) is 91.2 Å². The van der Waals surface area contributed by atoms with Crippen LogP contribution in [0.1, 0.15) is 110 Å². The molecule has 6 heterocycles. The summed E-state index contributed by atoms with van der Waals surface area (Å²) in [6, 6.07) is 22.2. The van der Waals surface area contributed by atoms with Crippen LogP contribution in [-0.2, 0) is 23.2 Å². The number of benzene rings is 3. The van der Waals surface area contributed by atoms with E-state index in [1.54, 1.807) is 12.1 Å². The smallest absolute Gasteiger partial charge is 0.275 e. The number of primary amides is 1. The fourth-order valence-electron chi connectivity index (χ4n) is 12.4. The van der Waals surface area contributed by atoms with Crippen LogP contribution in [0.2, 0.25) is 0 Å². The number of aromatic amines is 1. The summed E-state index contributed by atoms with van der Waals surface area (Å²) >= 11 is 0. The minimum Gasteiger partial charge on any atom is -0.374 e. The summed E-state index contributed by atoms with van der Waals surface area (Å²) in [6.45, 7) is 4.78. The molecular weight excluding hydrogens is 904 g/mol. The Morgan fingerprint density at radius 1 is 0.873 bits per heavy atom. The van der Waals surface area contributed by atoms with Crippen molar-refractivity contribution in [2.45, 2.75) is 107 Å². The lowest BCUT2D eigenvalue weighted by atomic mass is 9.78. The van der Waals surface area contributed by atoms with Gasteiger partial charge in [-0.3, -0.25) is 29.4 Å². The van der Waals surface area contributed by atoms with Crippen LogP contribution in [0.15, 0.2) is 85.2 Å². The molecule has 10 rings (SSSR count). The number of nitrogens with zero attached hydrogens (tertiary/aromatic N) is 6. The van der Waals surface area contributed by atoms with E-state index in [2.05, 4.69) is 74.5 Å². The van der Waals surface area contributed by atoms with E-state index >= 15 is 13.2 Å². The molecule has 0 spiro atoms. The summed E-state index contributed by atoms with van der Waals surface area (Å²) in [5, 5.41) is 12.4. The second kappa shape index (κ2) is 21.1. The van der Waals surface area contributed by atoms with Crippen LogP contribution >= 0.6 is 0 Å². The van der Waals surface area contributed by atoms with E-state index in [-0.39, 0.29) is 37.0 Å². The van der Waals surface area contributed by atoms with Gasteiger partial charge in [-0.25, -0.2) is 18.2 Å². The third kappa shape index (κ3) is 10.7. The molecule has 0 bridgehead atoms. The topological polar surface area (TPSA) is 145 Å². The van der Waals surface area contributed by atoms with Gasteiger partial charge in [0.1, 0.15) is 23.8 Å². The zero-order valence-electron chi connectivity index (χ0n) is 40.7. The Morgan fingerprint density at radius 3 is 2.34 bits per heavy atom. The lowest BCUT2D eigenvalue weighted by Gasteiger charge is -2.46. The van der Waals surface area contributed by atoms with Crippen LogP contribution in [0.3, 0.4) is 0 Å². The number of aromatic nitrogens is 4. The van der Waals surface area contributed by atoms with Crippen LogP contribution in [0, 0.1) is 17.7 Å². The number of aryl methyl sites for hydroxylation is 1. The Kier molecular flexibility index (Phi) is 14.4. The molecule has 12 nitrogen and oxygen atoms in total. The molecule has 3 aliphatic heterocycles. The van der Waals surface area contributed by atoms with Crippen molar-refractivity contribution in [2.24, 2.45) is 24.6 Å². The zero-order valence-corrected chi connectivity index (χ0v) is 40.7. The fraction of sp³-hybridized carbons (Fsp3) is 0.482. The van der Waals surface area contributed by atoms with Crippen molar-refractivity contribution in [2.75, 3.05) is 51.1 Å². The number of ketones is 1. The van der Waals surface area contributed by atoms with Crippen molar-refractivity contribution in [3.8, 4) is 11.1 Å². The summed E-state index contributed by atoms with van der Waals surface area (Å²) in [5.41, 5.74) is 14.0. The first kappa shape index (κ1) is 48.7. The van der Waals surface area contributed by atoms with Gasteiger partial charge in [0.2, 0.25) is 5.91 Å². The highest BCUT2D eigenvalue weighted by Gasteiger charge is 2.48. The van der Waals surface area contributed by atoms with Crippen LogP contribution in [-0.4, -0.2) is 116 Å². The number of carbonyl (C=O) groups is 3. The van der Waals surface area contributed by atoms with Crippen LogP contribution in [0.5, 0.6) is 0 Å². The number of Topliss-reactive ketones (excluding diaryl/α,β-unsaturated/α-hetero) is 1. The number of aldehydes is 1. The highest BCUT2D eigenvalue weighted by Crippen LogP contribution is 2.40. The van der Waals surface area contributed by atoms with E-state index in [0.29, 0.717) is 74.8 Å². The standard InChI is InChI=1S/C56H66F3N9O3/c1-65-45(31-48-46(16-22-61-55(48)65)42-12-15-50-43(29-42)32-62-64-50)34-66-23-17-38(18-24-66)37-8-10-41(11-9-37)53(70)40-6-4-36(5-7-40)33-67-25-21-52(56(58,59)35-67)68-26-19-39(20-27-68)47-14-13-44(30-49(47)57)63-51(54(60)71)3-2-28-69/h8-16,22,28-32,36,38-40,51-52,63H,2-7,17-21,23-27,33-35H2,1H3,(H2,60,71)(H,62,64). The monoisotopic (exact) mass is 970 g/mol. The first-order valence-electron chi connectivity index (χ1n) is 25.8. The molecule has 3 saturated heterocycles. The predicted molar refractivity (Wildman–Crippen MR) is 271 cm³/mol. The number of pyridine rings is 1. The molecule has 0 radical (unpaired) electrons. The summed E-state index contributed by atoms with van der Waals surface area (Å²) in [6.07, 6.45) is 11.8. The summed E-state index contributed by atoms with van der Waals surface area (Å²) in [5.74, 6) is -3.07. The number of halogens is 3. The van der Waals surface area contributed by atoms with Gasteiger partial charge >= 0.3 is 0 Å². The van der Waals surface area contributed by atoms with E-state index in [4.69, 9.17) is 10.7 Å². The van der Waals surface area contributed by atoms with Gasteiger partial charge in [-0.2, -0.15) is 5.10 Å². The molecule has 2 unspecified atom stereocenters. The maximum atomic E-state index is 15.9. The van der Waals surface area contributed by atoms with Crippen LogP contribution < -0.4 is 11.1 Å². The number of rotatable bonds is 16. The Balaban J connectivity index is 0.652. The number of carbonyl (C=O) groups excluding carboxylic acids is 3. The molecule has 374 valence electrons. The average Bonchev–Trinajstić information content (AvgIpc) is 3.98. The number of nitrogens with one attached hydrogen (secondary N) is 2. The molecule has 15 heteroatoms. The van der Waals surface area contributed by atoms with Crippen molar-refractivity contribution < 1.29 is 27.6 Å². The molecule has 4 N–H and O–H groups in total. The van der Waals surface area contributed by atoms with Gasteiger partial charge in [-0.15, -0.1) is 0 Å². The molecular formula is C56H66F3N9O3. The minimum absolute atomic E-state index is 0.0347. The van der Waals surface area contributed by atoms with Crippen LogP contribution in [0.4, 0.5) is 18.9 Å². The number of anilines is 1. The average molecular weight is 970 g/mol. The molecule has 4 aliphatic rings. The largest absolute Gasteiger partial charge is 0.374 e. The third-order valence-corrected chi connectivity index (χ3v) is 16.5. The lowest BCUT2D eigenvalue weighted by molar-refractivity contribution is -0.133. The number of hydrogen-bond acceptors (Lipinski definition) is 9. The summed E-state index contributed by atoms with van der Waals surface area (Å²) in [7, 11) is 2.11. The quantitative estimate of drug-likeness (QED) is 0.0638. The van der Waals surface area contributed by atoms with Gasteiger partial charge in [-0.1, -0.05) is 36.4 Å². The Morgan fingerprint density at radius 2 is 1.62 bits per heavy atom. The van der Waals surface area contributed by atoms with Crippen molar-refractivity contribution in [3.05, 3.63) is 113 Å². The van der Waals surface area contributed by atoms with E-state index in [9.17, 15) is 14.4 Å². The zero-order chi connectivity index (χ0) is 49.2. The highest BCUT2D eigenvalue weighted by molar-refractivity contribution is 5.98. The number of hydrogen-bond donors (Lipinski definition) is 3. The molecule has 3 aromatic carbocycles. The maximum Gasteiger partial charge on any atom is 0.275 e. The number of alkyl halides is 2. The molecule has 6 aromatic rings. The number of nitrogens with two attached hydrogens (primary N) is 1. The number of likely N-dealkylation sites (tertiary alicyclic amines) is 3. The van der Waals surface area contributed by atoms with Gasteiger partial charge in [0.25, 0.3) is 5.92 Å². The molecule has 1 aliphatic carbocycles. The first-order chi connectivity index (χ1) is 34.4. The second-order valence-corrected chi connectivity index (χ2v) is 20.9. The molecule has 2 atom stereocenters. The lowest BCUT2D eigenvalue weighted by Crippen LogP contribution is -2.60. The van der Waals surface area contributed by atoms with E-state index < -0.39 is 29.7 Å². The Bertz CT molecular complexity index is 2840. The normalized spacial score (nSPS) is 22.5. The Labute approximate surface area is 413 Å². The van der Waals surface area contributed by atoms with Gasteiger partial charge < -0.3 is 20.4 Å². The van der Waals surface area contributed by atoms with Crippen molar-refractivity contribution in [1.29, 1.82) is 0 Å². The fourth-order valence-corrected chi connectivity index (χ4v) is 12.4.